The molecule has 0 amide bonds. The van der Waals surface area contributed by atoms with Crippen LogP contribution in [0.5, 0.6) is 5.75 Å². The zero-order valence-electron chi connectivity index (χ0n) is 12.3. The molecule has 0 fully saturated rings. The zero-order valence-corrected chi connectivity index (χ0v) is 13.1. The van der Waals surface area contributed by atoms with Gasteiger partial charge in [-0.1, -0.05) is 12.1 Å². The molecule has 21 heavy (non-hydrogen) atoms. The largest absolute Gasteiger partial charge is 0.493 e. The number of aromatic nitrogens is 1. The van der Waals surface area contributed by atoms with E-state index in [4.69, 9.17) is 9.84 Å². The highest BCUT2D eigenvalue weighted by atomic mass is 32.1. The lowest BCUT2D eigenvalue weighted by Gasteiger charge is -2.08. The van der Waals surface area contributed by atoms with Gasteiger partial charge in [-0.15, -0.1) is 11.3 Å². The number of carboxylic acid groups (broad SMARTS) is 1. The molecule has 2 aromatic rings. The molecule has 4 nitrogen and oxygen atoms in total. The molecule has 0 aliphatic carbocycles. The van der Waals surface area contributed by atoms with E-state index in [0.29, 0.717) is 13.0 Å². The highest BCUT2D eigenvalue weighted by Gasteiger charge is 2.06. The van der Waals surface area contributed by atoms with Crippen LogP contribution in [0.2, 0.25) is 0 Å². The van der Waals surface area contributed by atoms with Crippen molar-refractivity contribution in [1.82, 2.24) is 4.98 Å². The fourth-order valence-electron chi connectivity index (χ4n) is 1.92. The summed E-state index contributed by atoms with van der Waals surface area (Å²) in [7, 11) is 0. The van der Waals surface area contributed by atoms with Crippen LogP contribution in [-0.2, 0) is 17.6 Å². The molecule has 0 saturated heterocycles. The van der Waals surface area contributed by atoms with Crippen molar-refractivity contribution < 1.29 is 14.6 Å². The molecule has 0 saturated carbocycles. The van der Waals surface area contributed by atoms with Crippen LogP contribution in [0.3, 0.4) is 0 Å². The third-order valence-electron chi connectivity index (χ3n) is 3.10. The summed E-state index contributed by atoms with van der Waals surface area (Å²) in [4.78, 5) is 15.9. The van der Waals surface area contributed by atoms with E-state index in [1.165, 1.54) is 5.56 Å². The molecule has 0 unspecified atom stereocenters. The van der Waals surface area contributed by atoms with Gasteiger partial charge in [0, 0.05) is 17.5 Å². The molecule has 0 aliphatic rings. The zero-order chi connectivity index (χ0) is 15.2. The van der Waals surface area contributed by atoms with Gasteiger partial charge in [0.15, 0.2) is 0 Å². The smallest absolute Gasteiger partial charge is 0.303 e. The summed E-state index contributed by atoms with van der Waals surface area (Å²) in [6.45, 7) is 4.65. The van der Waals surface area contributed by atoms with Crippen molar-refractivity contribution in [3.63, 3.8) is 0 Å². The second kappa shape index (κ2) is 7.22. The Kier molecular flexibility index (Phi) is 5.33. The van der Waals surface area contributed by atoms with Crippen molar-refractivity contribution in [1.29, 1.82) is 0 Å². The number of thiazole rings is 1. The lowest BCUT2D eigenvalue weighted by atomic mass is 10.1. The van der Waals surface area contributed by atoms with Gasteiger partial charge in [-0.05, 0) is 37.5 Å². The predicted octanol–water partition coefficient (Wildman–Crippen LogP) is 3.40. The third kappa shape index (κ3) is 4.86. The lowest BCUT2D eigenvalue weighted by Crippen LogP contribution is -2.02. The maximum absolute atomic E-state index is 10.5. The number of nitrogens with zero attached hydrogens (tertiary/aromatic N) is 1. The maximum Gasteiger partial charge on any atom is 0.303 e. The minimum absolute atomic E-state index is 0.153. The van der Waals surface area contributed by atoms with Gasteiger partial charge >= 0.3 is 5.97 Å². The molecule has 112 valence electrons. The number of ether oxygens (including phenoxy) is 1. The highest BCUT2D eigenvalue weighted by Crippen LogP contribution is 2.20. The Morgan fingerprint density at radius 2 is 2.14 bits per heavy atom. The van der Waals surface area contributed by atoms with E-state index >= 15 is 0 Å². The Morgan fingerprint density at radius 1 is 1.33 bits per heavy atom. The van der Waals surface area contributed by atoms with Gasteiger partial charge in [-0.3, -0.25) is 4.79 Å². The number of aliphatic carboxylic acids is 1. The summed E-state index contributed by atoms with van der Waals surface area (Å²) < 4.78 is 5.80. The normalized spacial score (nSPS) is 10.6. The first-order valence-corrected chi connectivity index (χ1v) is 7.71. The van der Waals surface area contributed by atoms with E-state index in [9.17, 15) is 4.79 Å². The molecule has 1 aromatic carbocycles. The summed E-state index contributed by atoms with van der Waals surface area (Å²) in [5.74, 6) is 0.140. The average Bonchev–Trinajstić information content (AvgIpc) is 2.88. The van der Waals surface area contributed by atoms with Crippen LogP contribution >= 0.6 is 11.3 Å². The van der Waals surface area contributed by atoms with E-state index in [2.05, 4.69) is 17.1 Å². The maximum atomic E-state index is 10.5. The third-order valence-corrected chi connectivity index (χ3v) is 4.22. The molecule has 1 heterocycles. The van der Waals surface area contributed by atoms with E-state index in [-0.39, 0.29) is 6.42 Å². The Labute approximate surface area is 128 Å². The molecule has 2 rings (SSSR count). The van der Waals surface area contributed by atoms with Gasteiger partial charge in [0.1, 0.15) is 5.75 Å². The van der Waals surface area contributed by atoms with Crippen molar-refractivity contribution >= 4 is 17.3 Å². The Bertz CT molecular complexity index is 622. The van der Waals surface area contributed by atoms with Crippen LogP contribution in [0.1, 0.15) is 27.4 Å². The number of carboxylic acids is 1. The van der Waals surface area contributed by atoms with E-state index in [1.54, 1.807) is 17.5 Å². The van der Waals surface area contributed by atoms with Crippen molar-refractivity contribution in [2.24, 2.45) is 0 Å². The topological polar surface area (TPSA) is 59.4 Å². The van der Waals surface area contributed by atoms with Gasteiger partial charge < -0.3 is 9.84 Å². The van der Waals surface area contributed by atoms with Crippen LogP contribution < -0.4 is 4.74 Å². The van der Waals surface area contributed by atoms with Gasteiger partial charge in [-0.2, -0.15) is 0 Å². The molecule has 0 aliphatic heterocycles. The monoisotopic (exact) mass is 305 g/mol. The molecule has 1 N–H and O–H groups in total. The minimum Gasteiger partial charge on any atom is -0.493 e. The summed E-state index contributed by atoms with van der Waals surface area (Å²) >= 11 is 1.56. The van der Waals surface area contributed by atoms with E-state index in [0.717, 1.165) is 27.6 Å². The fraction of sp³-hybridized carbons (Fsp3) is 0.375. The number of hydrogen-bond donors (Lipinski definition) is 1. The Hall–Kier alpha value is -1.88. The van der Waals surface area contributed by atoms with Crippen molar-refractivity contribution in [3.8, 4) is 5.75 Å². The van der Waals surface area contributed by atoms with Gasteiger partial charge in [0.2, 0.25) is 0 Å². The van der Waals surface area contributed by atoms with Crippen LogP contribution in [0, 0.1) is 13.8 Å². The highest BCUT2D eigenvalue weighted by molar-refractivity contribution is 7.11. The second-order valence-corrected chi connectivity index (χ2v) is 6.18. The molecule has 5 heteroatoms. The van der Waals surface area contributed by atoms with Crippen LogP contribution in [0.15, 0.2) is 24.4 Å². The molecule has 0 bridgehead atoms. The molecule has 0 spiro atoms. The minimum atomic E-state index is -0.775. The van der Waals surface area contributed by atoms with Gasteiger partial charge in [-0.25, -0.2) is 4.98 Å². The number of benzene rings is 1. The quantitative estimate of drug-likeness (QED) is 0.851. The Morgan fingerprint density at radius 3 is 2.90 bits per heavy atom. The first kappa shape index (κ1) is 15.5. The predicted molar refractivity (Wildman–Crippen MR) is 83.2 cm³/mol. The number of hydrogen-bond acceptors (Lipinski definition) is 4. The summed E-state index contributed by atoms with van der Waals surface area (Å²) in [5, 5.41) is 9.65. The van der Waals surface area contributed by atoms with E-state index in [1.807, 2.05) is 19.9 Å². The van der Waals surface area contributed by atoms with Crippen LogP contribution in [-0.4, -0.2) is 22.7 Å². The summed E-state index contributed by atoms with van der Waals surface area (Å²) in [6, 6.07) is 6.16. The van der Waals surface area contributed by atoms with Crippen molar-refractivity contribution in [3.05, 3.63) is 45.4 Å². The lowest BCUT2D eigenvalue weighted by molar-refractivity contribution is -0.136. The number of carbonyl (C=O) groups is 1. The summed E-state index contributed by atoms with van der Waals surface area (Å²) in [5.41, 5.74) is 2.31. The number of rotatable bonds is 7. The number of aryl methyl sites for hydroxylation is 3. The molecular formula is C16H19NO3S. The first-order valence-electron chi connectivity index (χ1n) is 6.90. The van der Waals surface area contributed by atoms with Gasteiger partial charge in [0.25, 0.3) is 0 Å². The van der Waals surface area contributed by atoms with Crippen molar-refractivity contribution in [2.45, 2.75) is 33.1 Å². The second-order valence-electron chi connectivity index (χ2n) is 4.98. The SMILES string of the molecule is Cc1ccc(C)c(OCCc2ncc(CCC(=O)O)s2)c1. The fourth-order valence-corrected chi connectivity index (χ4v) is 2.82. The van der Waals surface area contributed by atoms with Crippen LogP contribution in [0.4, 0.5) is 0 Å². The molecular weight excluding hydrogens is 286 g/mol. The van der Waals surface area contributed by atoms with Crippen molar-refractivity contribution in [2.75, 3.05) is 6.61 Å². The standard InChI is InChI=1S/C16H19NO3S/c1-11-3-4-12(2)14(9-11)20-8-7-15-17-10-13(21-15)5-6-16(18)19/h3-4,9-10H,5-8H2,1-2H3,(H,18,19). The summed E-state index contributed by atoms with van der Waals surface area (Å²) in [6.07, 6.45) is 3.21. The molecule has 0 radical (unpaired) electrons. The average molecular weight is 305 g/mol. The van der Waals surface area contributed by atoms with E-state index < -0.39 is 5.97 Å². The van der Waals surface area contributed by atoms with Crippen LogP contribution in [0.25, 0.3) is 0 Å². The Balaban J connectivity index is 1.83. The first-order chi connectivity index (χ1) is 10.0. The molecule has 0 atom stereocenters. The van der Waals surface area contributed by atoms with Gasteiger partial charge in [0.05, 0.1) is 18.0 Å². The molecule has 1 aromatic heterocycles.